The van der Waals surface area contributed by atoms with E-state index in [4.69, 9.17) is 13.9 Å². The quantitative estimate of drug-likeness (QED) is 0.430. The number of hydrogen-bond donors (Lipinski definition) is 1. The lowest BCUT2D eigenvalue weighted by Crippen LogP contribution is -2.12. The number of hydrogen-bond acceptors (Lipinski definition) is 6. The van der Waals surface area contributed by atoms with Gasteiger partial charge in [-0.3, -0.25) is 4.79 Å². The summed E-state index contributed by atoms with van der Waals surface area (Å²) < 4.78 is 15.5. The molecule has 1 aromatic heterocycles. The molecular formula is C20H16O6. The molecule has 3 rings (SSSR count). The van der Waals surface area contributed by atoms with Crippen molar-refractivity contribution in [3.05, 3.63) is 70.1 Å². The molecule has 1 N–H and O–H groups in total. The monoisotopic (exact) mass is 352 g/mol. The van der Waals surface area contributed by atoms with Gasteiger partial charge in [0.05, 0.1) is 19.6 Å². The molecule has 26 heavy (non-hydrogen) atoms. The first-order valence-corrected chi connectivity index (χ1v) is 7.74. The van der Waals surface area contributed by atoms with Crippen molar-refractivity contribution < 1.29 is 23.8 Å². The van der Waals surface area contributed by atoms with E-state index in [0.29, 0.717) is 22.4 Å². The SMILES string of the molecule is COc1ccc(/C=C/C(=O)c2c(O)c3ccccc3oc2=O)cc1OC. The Hall–Kier alpha value is -3.54. The zero-order chi connectivity index (χ0) is 18.7. The highest BCUT2D eigenvalue weighted by Gasteiger charge is 2.18. The maximum atomic E-state index is 12.4. The third kappa shape index (κ3) is 3.17. The van der Waals surface area contributed by atoms with Gasteiger partial charge in [-0.05, 0) is 35.9 Å². The molecule has 3 aromatic rings. The molecule has 1 heterocycles. The predicted molar refractivity (Wildman–Crippen MR) is 97.1 cm³/mol. The van der Waals surface area contributed by atoms with E-state index in [9.17, 15) is 14.7 Å². The van der Waals surface area contributed by atoms with E-state index < -0.39 is 17.0 Å². The van der Waals surface area contributed by atoms with E-state index in [2.05, 4.69) is 0 Å². The van der Waals surface area contributed by atoms with E-state index in [1.165, 1.54) is 26.4 Å². The largest absolute Gasteiger partial charge is 0.506 e. The zero-order valence-corrected chi connectivity index (χ0v) is 14.2. The third-order valence-electron chi connectivity index (χ3n) is 3.87. The number of carbonyl (C=O) groups excluding carboxylic acids is 1. The fraction of sp³-hybridized carbons (Fsp3) is 0.100. The Morgan fingerprint density at radius 1 is 1.08 bits per heavy atom. The number of allylic oxidation sites excluding steroid dienone is 1. The van der Waals surface area contributed by atoms with Crippen molar-refractivity contribution >= 4 is 22.8 Å². The Labute approximate surface area is 148 Å². The first kappa shape index (κ1) is 17.3. The van der Waals surface area contributed by atoms with E-state index >= 15 is 0 Å². The van der Waals surface area contributed by atoms with Crippen LogP contribution < -0.4 is 15.1 Å². The van der Waals surface area contributed by atoms with Gasteiger partial charge in [-0.2, -0.15) is 0 Å². The van der Waals surface area contributed by atoms with Gasteiger partial charge in [0.15, 0.2) is 17.3 Å². The molecule has 0 fully saturated rings. The second-order valence-corrected chi connectivity index (χ2v) is 5.42. The van der Waals surface area contributed by atoms with E-state index in [0.717, 1.165) is 0 Å². The molecule has 6 heteroatoms. The summed E-state index contributed by atoms with van der Waals surface area (Å²) in [5, 5.41) is 10.6. The summed E-state index contributed by atoms with van der Waals surface area (Å²) >= 11 is 0. The average molecular weight is 352 g/mol. The number of rotatable bonds is 5. The predicted octanol–water partition coefficient (Wildman–Crippen LogP) is 3.41. The molecule has 0 aliphatic rings. The summed E-state index contributed by atoms with van der Waals surface area (Å²) in [6, 6.07) is 11.6. The fourth-order valence-electron chi connectivity index (χ4n) is 2.56. The lowest BCUT2D eigenvalue weighted by Gasteiger charge is -2.07. The second kappa shape index (κ2) is 7.14. The summed E-state index contributed by atoms with van der Waals surface area (Å²) in [4.78, 5) is 24.5. The van der Waals surface area contributed by atoms with Crippen LogP contribution in [-0.2, 0) is 0 Å². The van der Waals surface area contributed by atoms with Crippen LogP contribution in [0.3, 0.4) is 0 Å². The normalized spacial score (nSPS) is 11.0. The van der Waals surface area contributed by atoms with Gasteiger partial charge < -0.3 is 19.0 Å². The van der Waals surface area contributed by atoms with Crippen LogP contribution in [0.2, 0.25) is 0 Å². The highest BCUT2D eigenvalue weighted by atomic mass is 16.5. The van der Waals surface area contributed by atoms with Gasteiger partial charge in [-0.15, -0.1) is 0 Å². The van der Waals surface area contributed by atoms with E-state index in [-0.39, 0.29) is 11.3 Å². The number of methoxy groups -OCH3 is 2. The fourth-order valence-corrected chi connectivity index (χ4v) is 2.56. The third-order valence-corrected chi connectivity index (χ3v) is 3.87. The Morgan fingerprint density at radius 2 is 1.81 bits per heavy atom. The van der Waals surface area contributed by atoms with Crippen molar-refractivity contribution in [3.63, 3.8) is 0 Å². The lowest BCUT2D eigenvalue weighted by molar-refractivity contribution is 0.104. The van der Waals surface area contributed by atoms with Crippen LogP contribution in [0.5, 0.6) is 17.2 Å². The molecule has 6 nitrogen and oxygen atoms in total. The van der Waals surface area contributed by atoms with Gasteiger partial charge >= 0.3 is 5.63 Å². The Balaban J connectivity index is 1.97. The van der Waals surface area contributed by atoms with Gasteiger partial charge in [0.2, 0.25) is 0 Å². The number of fused-ring (bicyclic) bond motifs is 1. The smallest absolute Gasteiger partial charge is 0.351 e. The van der Waals surface area contributed by atoms with Crippen LogP contribution in [0, 0.1) is 0 Å². The Morgan fingerprint density at radius 3 is 2.54 bits per heavy atom. The molecule has 0 bridgehead atoms. The second-order valence-electron chi connectivity index (χ2n) is 5.42. The molecule has 0 aliphatic carbocycles. The van der Waals surface area contributed by atoms with Crippen LogP contribution in [0.15, 0.2) is 57.8 Å². The minimum Gasteiger partial charge on any atom is -0.506 e. The minimum atomic E-state index is -0.886. The summed E-state index contributed by atoms with van der Waals surface area (Å²) in [5.41, 5.74) is -0.403. The maximum Gasteiger partial charge on any atom is 0.351 e. The standard InChI is InChI=1S/C20H16O6/c1-24-16-10-8-12(11-17(16)25-2)7-9-14(21)18-19(22)13-5-3-4-6-15(13)26-20(18)23/h3-11,22H,1-2H3/b9-7+. The van der Waals surface area contributed by atoms with Gasteiger partial charge in [0.25, 0.3) is 0 Å². The number of aromatic hydroxyl groups is 1. The van der Waals surface area contributed by atoms with Crippen LogP contribution in [0.4, 0.5) is 0 Å². The van der Waals surface area contributed by atoms with Gasteiger partial charge in [-0.1, -0.05) is 24.3 Å². The van der Waals surface area contributed by atoms with Crippen LogP contribution >= 0.6 is 0 Å². The molecular weight excluding hydrogens is 336 g/mol. The van der Waals surface area contributed by atoms with Gasteiger partial charge in [0, 0.05) is 0 Å². The molecule has 0 amide bonds. The Bertz CT molecular complexity index is 1060. The minimum absolute atomic E-state index is 0.218. The van der Waals surface area contributed by atoms with E-state index in [1.807, 2.05) is 0 Å². The molecule has 0 spiro atoms. The van der Waals surface area contributed by atoms with Crippen LogP contribution in [-0.4, -0.2) is 25.1 Å². The van der Waals surface area contributed by atoms with Crippen molar-refractivity contribution in [2.45, 2.75) is 0 Å². The molecule has 0 unspecified atom stereocenters. The molecule has 132 valence electrons. The number of ketones is 1. The van der Waals surface area contributed by atoms with Gasteiger partial charge in [-0.25, -0.2) is 4.79 Å². The van der Waals surface area contributed by atoms with Crippen molar-refractivity contribution in [1.82, 2.24) is 0 Å². The van der Waals surface area contributed by atoms with Gasteiger partial charge in [0.1, 0.15) is 16.9 Å². The first-order valence-electron chi connectivity index (χ1n) is 7.74. The Kier molecular flexibility index (Phi) is 4.75. The van der Waals surface area contributed by atoms with Crippen LogP contribution in [0.25, 0.3) is 17.0 Å². The highest BCUT2D eigenvalue weighted by molar-refractivity contribution is 6.10. The summed E-state index contributed by atoms with van der Waals surface area (Å²) in [5.74, 6) is 0.0227. The molecule has 0 radical (unpaired) electrons. The van der Waals surface area contributed by atoms with Crippen LogP contribution in [0.1, 0.15) is 15.9 Å². The molecule has 0 atom stereocenters. The number of ether oxygens (including phenoxy) is 2. The summed E-state index contributed by atoms with van der Waals surface area (Å²) in [7, 11) is 3.04. The summed E-state index contributed by atoms with van der Waals surface area (Å²) in [6.07, 6.45) is 2.71. The lowest BCUT2D eigenvalue weighted by atomic mass is 10.1. The van der Waals surface area contributed by atoms with Crippen molar-refractivity contribution in [3.8, 4) is 17.2 Å². The number of carbonyl (C=O) groups is 1. The first-order chi connectivity index (χ1) is 12.5. The van der Waals surface area contributed by atoms with Crippen molar-refractivity contribution in [2.24, 2.45) is 0 Å². The van der Waals surface area contributed by atoms with E-state index in [1.54, 1.807) is 42.5 Å². The molecule has 0 aliphatic heterocycles. The zero-order valence-electron chi connectivity index (χ0n) is 14.2. The molecule has 2 aromatic carbocycles. The van der Waals surface area contributed by atoms with Crippen molar-refractivity contribution in [2.75, 3.05) is 14.2 Å². The topological polar surface area (TPSA) is 86.0 Å². The number of para-hydroxylation sites is 1. The maximum absolute atomic E-state index is 12.4. The molecule has 0 saturated heterocycles. The number of benzene rings is 2. The van der Waals surface area contributed by atoms with Crippen molar-refractivity contribution in [1.29, 1.82) is 0 Å². The summed E-state index contributed by atoms with van der Waals surface area (Å²) in [6.45, 7) is 0. The molecule has 0 saturated carbocycles. The average Bonchev–Trinajstić information content (AvgIpc) is 2.66. The highest BCUT2D eigenvalue weighted by Crippen LogP contribution is 2.29.